The maximum atomic E-state index is 4.58. The fourth-order valence-electron chi connectivity index (χ4n) is 5.08. The number of benzene rings is 2. The SMILES string of the molecule is CC(C)(C)c1ccc(Nc2cc(N3CCC(N4CCc5ccccc5C4)CC3)ncn2)cc1. The normalized spacial score (nSPS) is 17.6. The van der Waals surface area contributed by atoms with Gasteiger partial charge in [-0.15, -0.1) is 0 Å². The number of hydrogen-bond donors (Lipinski definition) is 1. The smallest absolute Gasteiger partial charge is 0.135 e. The summed E-state index contributed by atoms with van der Waals surface area (Å²) in [4.78, 5) is 14.1. The summed E-state index contributed by atoms with van der Waals surface area (Å²) in [6.07, 6.45) is 5.22. The minimum Gasteiger partial charge on any atom is -0.356 e. The number of fused-ring (bicyclic) bond motifs is 1. The molecule has 172 valence electrons. The highest BCUT2D eigenvalue weighted by atomic mass is 15.2. The molecular weight excluding hydrogens is 406 g/mol. The van der Waals surface area contributed by atoms with E-state index in [2.05, 4.69) is 100 Å². The molecule has 0 unspecified atom stereocenters. The second kappa shape index (κ2) is 9.14. The Bertz CT molecular complexity index is 1080. The van der Waals surface area contributed by atoms with E-state index in [4.69, 9.17) is 0 Å². The predicted molar refractivity (Wildman–Crippen MR) is 136 cm³/mol. The van der Waals surface area contributed by atoms with Gasteiger partial charge in [-0.05, 0) is 53.5 Å². The van der Waals surface area contributed by atoms with Gasteiger partial charge >= 0.3 is 0 Å². The molecule has 0 saturated carbocycles. The summed E-state index contributed by atoms with van der Waals surface area (Å²) in [5, 5.41) is 3.45. The highest BCUT2D eigenvalue weighted by Gasteiger charge is 2.27. The molecule has 5 heteroatoms. The Balaban J connectivity index is 1.19. The molecule has 2 aliphatic rings. The van der Waals surface area contributed by atoms with Crippen molar-refractivity contribution in [2.24, 2.45) is 0 Å². The molecule has 0 spiro atoms. The average molecular weight is 442 g/mol. The lowest BCUT2D eigenvalue weighted by molar-refractivity contribution is 0.153. The van der Waals surface area contributed by atoms with Gasteiger partial charge in [-0.2, -0.15) is 0 Å². The molecule has 3 aromatic rings. The Morgan fingerprint density at radius 3 is 2.33 bits per heavy atom. The maximum absolute atomic E-state index is 4.58. The molecular formula is C28H35N5. The van der Waals surface area contributed by atoms with Crippen LogP contribution in [0.3, 0.4) is 0 Å². The zero-order chi connectivity index (χ0) is 22.8. The molecule has 1 aromatic heterocycles. The van der Waals surface area contributed by atoms with E-state index in [1.165, 1.54) is 42.5 Å². The summed E-state index contributed by atoms with van der Waals surface area (Å²) >= 11 is 0. The summed E-state index contributed by atoms with van der Waals surface area (Å²) in [5.41, 5.74) is 5.58. The van der Waals surface area contributed by atoms with Crippen LogP contribution in [0.5, 0.6) is 0 Å². The quantitative estimate of drug-likeness (QED) is 0.575. The van der Waals surface area contributed by atoms with E-state index in [1.54, 1.807) is 6.33 Å². The fraction of sp³-hybridized carbons (Fsp3) is 0.429. The lowest BCUT2D eigenvalue weighted by Crippen LogP contribution is -2.46. The molecule has 1 N–H and O–H groups in total. The van der Waals surface area contributed by atoms with Crippen molar-refractivity contribution in [2.45, 2.75) is 58.0 Å². The molecule has 2 aliphatic heterocycles. The van der Waals surface area contributed by atoms with Crippen molar-refractivity contribution < 1.29 is 0 Å². The number of aromatic nitrogens is 2. The van der Waals surface area contributed by atoms with Crippen molar-refractivity contribution >= 4 is 17.3 Å². The molecule has 33 heavy (non-hydrogen) atoms. The van der Waals surface area contributed by atoms with Gasteiger partial charge in [0, 0.05) is 44.0 Å². The zero-order valence-corrected chi connectivity index (χ0v) is 20.1. The number of nitrogens with zero attached hydrogens (tertiary/aromatic N) is 4. The first-order valence-electron chi connectivity index (χ1n) is 12.2. The lowest BCUT2D eigenvalue weighted by atomic mass is 9.87. The van der Waals surface area contributed by atoms with E-state index in [9.17, 15) is 0 Å². The first-order valence-corrected chi connectivity index (χ1v) is 12.2. The summed E-state index contributed by atoms with van der Waals surface area (Å²) in [7, 11) is 0. The minimum atomic E-state index is 0.157. The molecule has 0 aliphatic carbocycles. The summed E-state index contributed by atoms with van der Waals surface area (Å²) in [6, 6.07) is 20.3. The van der Waals surface area contributed by atoms with E-state index in [0.29, 0.717) is 6.04 Å². The van der Waals surface area contributed by atoms with Crippen LogP contribution in [-0.2, 0) is 18.4 Å². The Morgan fingerprint density at radius 1 is 0.879 bits per heavy atom. The molecule has 3 heterocycles. The largest absolute Gasteiger partial charge is 0.356 e. The average Bonchev–Trinajstić information content (AvgIpc) is 2.84. The summed E-state index contributed by atoms with van der Waals surface area (Å²) in [5.74, 6) is 1.86. The van der Waals surface area contributed by atoms with Gasteiger partial charge in [-0.25, -0.2) is 9.97 Å². The Hall–Kier alpha value is -2.92. The molecule has 0 amide bonds. The van der Waals surface area contributed by atoms with Gasteiger partial charge in [-0.1, -0.05) is 57.2 Å². The molecule has 1 saturated heterocycles. The summed E-state index contributed by atoms with van der Waals surface area (Å²) < 4.78 is 0. The van der Waals surface area contributed by atoms with Gasteiger partial charge in [0.1, 0.15) is 18.0 Å². The van der Waals surface area contributed by atoms with Crippen molar-refractivity contribution in [3.05, 3.63) is 77.6 Å². The number of hydrogen-bond acceptors (Lipinski definition) is 5. The highest BCUT2D eigenvalue weighted by molar-refractivity contribution is 5.60. The van der Waals surface area contributed by atoms with E-state index in [1.807, 2.05) is 0 Å². The highest BCUT2D eigenvalue weighted by Crippen LogP contribution is 2.28. The minimum absolute atomic E-state index is 0.157. The van der Waals surface area contributed by atoms with Crippen LogP contribution in [0.4, 0.5) is 17.3 Å². The van der Waals surface area contributed by atoms with Crippen LogP contribution in [-0.4, -0.2) is 40.5 Å². The monoisotopic (exact) mass is 441 g/mol. The first-order chi connectivity index (χ1) is 16.0. The van der Waals surface area contributed by atoms with Crippen molar-refractivity contribution in [1.82, 2.24) is 14.9 Å². The van der Waals surface area contributed by atoms with Gasteiger partial charge in [0.2, 0.25) is 0 Å². The van der Waals surface area contributed by atoms with Crippen LogP contribution in [0.25, 0.3) is 0 Å². The third-order valence-corrected chi connectivity index (χ3v) is 7.14. The lowest BCUT2D eigenvalue weighted by Gasteiger charge is -2.41. The first kappa shape index (κ1) is 21.9. The van der Waals surface area contributed by atoms with Crippen molar-refractivity contribution in [3.8, 4) is 0 Å². The van der Waals surface area contributed by atoms with Crippen LogP contribution in [0.15, 0.2) is 60.9 Å². The number of rotatable bonds is 4. The van der Waals surface area contributed by atoms with Crippen LogP contribution in [0.2, 0.25) is 0 Å². The number of anilines is 3. The van der Waals surface area contributed by atoms with Crippen LogP contribution in [0.1, 0.15) is 50.3 Å². The van der Waals surface area contributed by atoms with Gasteiger partial charge in [-0.3, -0.25) is 4.90 Å². The van der Waals surface area contributed by atoms with Gasteiger partial charge in [0.15, 0.2) is 0 Å². The van der Waals surface area contributed by atoms with Crippen LogP contribution >= 0.6 is 0 Å². The third-order valence-electron chi connectivity index (χ3n) is 7.14. The van der Waals surface area contributed by atoms with Crippen LogP contribution in [0, 0.1) is 0 Å². The molecule has 0 bridgehead atoms. The van der Waals surface area contributed by atoms with Crippen molar-refractivity contribution in [3.63, 3.8) is 0 Å². The fourth-order valence-corrected chi connectivity index (χ4v) is 5.08. The molecule has 1 fully saturated rings. The Morgan fingerprint density at radius 2 is 1.61 bits per heavy atom. The second-order valence-electron chi connectivity index (χ2n) is 10.4. The van der Waals surface area contributed by atoms with Crippen LogP contribution < -0.4 is 10.2 Å². The van der Waals surface area contributed by atoms with E-state index < -0.39 is 0 Å². The Labute approximate surface area is 197 Å². The maximum Gasteiger partial charge on any atom is 0.135 e. The molecule has 5 rings (SSSR count). The molecule has 2 aromatic carbocycles. The van der Waals surface area contributed by atoms with E-state index in [0.717, 1.165) is 37.0 Å². The van der Waals surface area contributed by atoms with Gasteiger partial charge in [0.05, 0.1) is 0 Å². The van der Waals surface area contributed by atoms with Crippen molar-refractivity contribution in [2.75, 3.05) is 29.9 Å². The topological polar surface area (TPSA) is 44.3 Å². The van der Waals surface area contributed by atoms with Gasteiger partial charge < -0.3 is 10.2 Å². The standard InChI is InChI=1S/C28H35N5/c1-28(2,3)23-8-10-24(11-9-23)31-26-18-27(30-20-29-26)32-16-13-25(14-17-32)33-15-12-21-6-4-5-7-22(21)19-33/h4-11,18,20,25H,12-17,19H2,1-3H3,(H,29,30,31). The molecule has 0 radical (unpaired) electrons. The van der Waals surface area contributed by atoms with E-state index >= 15 is 0 Å². The second-order valence-corrected chi connectivity index (χ2v) is 10.4. The number of piperidine rings is 1. The Kier molecular flexibility index (Phi) is 6.07. The summed E-state index contributed by atoms with van der Waals surface area (Å²) in [6.45, 7) is 11.1. The predicted octanol–water partition coefficient (Wildman–Crippen LogP) is 5.54. The van der Waals surface area contributed by atoms with Gasteiger partial charge in [0.25, 0.3) is 0 Å². The molecule has 0 atom stereocenters. The third kappa shape index (κ3) is 5.03. The molecule has 5 nitrogen and oxygen atoms in total. The van der Waals surface area contributed by atoms with E-state index in [-0.39, 0.29) is 5.41 Å². The zero-order valence-electron chi connectivity index (χ0n) is 20.1. The number of nitrogens with one attached hydrogen (secondary N) is 1. The van der Waals surface area contributed by atoms with Crippen molar-refractivity contribution in [1.29, 1.82) is 0 Å².